The van der Waals surface area contributed by atoms with Crippen molar-refractivity contribution in [3.63, 3.8) is 0 Å². The van der Waals surface area contributed by atoms with Crippen molar-refractivity contribution in [3.05, 3.63) is 0 Å². The van der Waals surface area contributed by atoms with E-state index < -0.39 is 11.2 Å². The van der Waals surface area contributed by atoms with Gasteiger partial charge >= 0.3 is 0 Å². The molecule has 4 aliphatic heterocycles. The largest absolute Gasteiger partial charge is 0.376 e. The Hall–Kier alpha value is -0.320. The molecule has 4 fully saturated rings. The number of hydrogen-bond acceptors (Lipinski definition) is 8. The van der Waals surface area contributed by atoms with E-state index in [2.05, 4.69) is 27.7 Å². The Bertz CT molecular complexity index is 512. The summed E-state index contributed by atoms with van der Waals surface area (Å²) in [6, 6.07) is 0. The van der Waals surface area contributed by atoms with Crippen molar-refractivity contribution in [2.45, 2.75) is 94.8 Å². The minimum atomic E-state index is -0.408. The van der Waals surface area contributed by atoms with Gasteiger partial charge < -0.3 is 37.9 Å². The molecule has 8 unspecified atom stereocenters. The molecule has 0 bridgehead atoms. The van der Waals surface area contributed by atoms with Crippen LogP contribution in [0, 0.1) is 0 Å². The van der Waals surface area contributed by atoms with Crippen LogP contribution in [0.4, 0.5) is 0 Å². The molecule has 4 heterocycles. The molecule has 4 aliphatic rings. The Morgan fingerprint density at radius 3 is 1.29 bits per heavy atom. The first-order chi connectivity index (χ1) is 14.8. The van der Waals surface area contributed by atoms with Gasteiger partial charge in [-0.1, -0.05) is 0 Å². The molecule has 0 aromatic heterocycles. The smallest absolute Gasteiger partial charge is 0.104 e. The van der Waals surface area contributed by atoms with Crippen LogP contribution in [0.15, 0.2) is 0 Å². The molecule has 0 saturated carbocycles. The standard InChI is InChI=1S/C23H40O8/c1-16(24-7-18-9-26-18)5-22(3,30-13-20-11-28-20)15-23(4,31-14-21-12-29-21)6-17(2)25-8-19-10-27-19/h16-21H,5-15H2,1-4H3. The lowest BCUT2D eigenvalue weighted by molar-refractivity contribution is -0.148. The topological polar surface area (TPSA) is 87.0 Å². The number of ether oxygens (including phenoxy) is 8. The summed E-state index contributed by atoms with van der Waals surface area (Å²) in [4.78, 5) is 0. The van der Waals surface area contributed by atoms with Crippen molar-refractivity contribution >= 4 is 0 Å². The molecule has 0 aromatic rings. The highest BCUT2D eigenvalue weighted by molar-refractivity contribution is 4.92. The van der Waals surface area contributed by atoms with E-state index in [9.17, 15) is 0 Å². The Balaban J connectivity index is 1.35. The van der Waals surface area contributed by atoms with E-state index in [1.165, 1.54) is 0 Å². The Morgan fingerprint density at radius 2 is 0.968 bits per heavy atom. The maximum absolute atomic E-state index is 6.45. The average Bonchev–Trinajstić information content (AvgIpc) is 3.57. The Labute approximate surface area is 186 Å². The second kappa shape index (κ2) is 10.3. The first-order valence-corrected chi connectivity index (χ1v) is 11.8. The molecule has 4 rings (SSSR count). The summed E-state index contributed by atoms with van der Waals surface area (Å²) in [6.45, 7) is 14.2. The summed E-state index contributed by atoms with van der Waals surface area (Å²) >= 11 is 0. The minimum absolute atomic E-state index is 0.0611. The summed E-state index contributed by atoms with van der Waals surface area (Å²) in [5.41, 5.74) is -0.817. The predicted molar refractivity (Wildman–Crippen MR) is 112 cm³/mol. The van der Waals surface area contributed by atoms with Gasteiger partial charge in [0.2, 0.25) is 0 Å². The summed E-state index contributed by atoms with van der Waals surface area (Å²) in [5.74, 6) is 0. The van der Waals surface area contributed by atoms with Gasteiger partial charge in [-0.3, -0.25) is 0 Å². The lowest BCUT2D eigenvalue weighted by Crippen LogP contribution is -2.46. The normalized spacial score (nSPS) is 34.5. The van der Waals surface area contributed by atoms with E-state index in [0.717, 1.165) is 45.7 Å². The molecule has 180 valence electrons. The van der Waals surface area contributed by atoms with E-state index in [1.54, 1.807) is 0 Å². The summed E-state index contributed by atoms with van der Waals surface area (Å²) in [7, 11) is 0. The fourth-order valence-electron chi connectivity index (χ4n) is 4.28. The van der Waals surface area contributed by atoms with E-state index in [0.29, 0.717) is 26.4 Å². The zero-order valence-electron chi connectivity index (χ0n) is 19.5. The first kappa shape index (κ1) is 23.8. The van der Waals surface area contributed by atoms with Crippen LogP contribution in [0.3, 0.4) is 0 Å². The molecule has 31 heavy (non-hydrogen) atoms. The summed E-state index contributed by atoms with van der Waals surface area (Å²) in [6.07, 6.45) is 3.35. The van der Waals surface area contributed by atoms with Crippen LogP contribution >= 0.6 is 0 Å². The van der Waals surface area contributed by atoms with Gasteiger partial charge in [-0.2, -0.15) is 0 Å². The number of epoxide rings is 4. The van der Waals surface area contributed by atoms with E-state index in [-0.39, 0.29) is 36.6 Å². The maximum Gasteiger partial charge on any atom is 0.104 e. The molecule has 8 atom stereocenters. The molecule has 8 nitrogen and oxygen atoms in total. The monoisotopic (exact) mass is 444 g/mol. The van der Waals surface area contributed by atoms with Crippen LogP contribution in [0.5, 0.6) is 0 Å². The Morgan fingerprint density at radius 1 is 0.645 bits per heavy atom. The quantitative estimate of drug-likeness (QED) is 0.297. The molecule has 0 spiro atoms. The molecule has 0 aromatic carbocycles. The van der Waals surface area contributed by atoms with Gasteiger partial charge in [-0.25, -0.2) is 0 Å². The number of hydrogen-bond donors (Lipinski definition) is 0. The van der Waals surface area contributed by atoms with Gasteiger partial charge in [0.05, 0.1) is 76.3 Å². The highest BCUT2D eigenvalue weighted by atomic mass is 16.6. The predicted octanol–water partition coefficient (Wildman–Crippen LogP) is 2.11. The highest BCUT2D eigenvalue weighted by Crippen LogP contribution is 2.36. The highest BCUT2D eigenvalue weighted by Gasteiger charge is 2.42. The average molecular weight is 445 g/mol. The van der Waals surface area contributed by atoms with Gasteiger partial charge in [0, 0.05) is 19.3 Å². The zero-order valence-corrected chi connectivity index (χ0v) is 19.5. The second-order valence-electron chi connectivity index (χ2n) is 10.2. The van der Waals surface area contributed by atoms with Gasteiger partial charge in [-0.05, 0) is 27.7 Å². The minimum Gasteiger partial charge on any atom is -0.376 e. The number of rotatable bonds is 18. The lowest BCUT2D eigenvalue weighted by atomic mass is 9.82. The SMILES string of the molecule is CC(CC(C)(CC(C)(CC(C)OCC1CO1)OCC1CO1)OCC1CO1)OCC1CO1. The summed E-state index contributed by atoms with van der Waals surface area (Å²) < 4.78 is 46.3. The fraction of sp³-hybridized carbons (Fsp3) is 1.00. The fourth-order valence-corrected chi connectivity index (χ4v) is 4.28. The molecule has 0 N–H and O–H groups in total. The van der Waals surface area contributed by atoms with Crippen molar-refractivity contribution in [1.82, 2.24) is 0 Å². The van der Waals surface area contributed by atoms with Crippen molar-refractivity contribution in [1.29, 1.82) is 0 Å². The van der Waals surface area contributed by atoms with Crippen LogP contribution < -0.4 is 0 Å². The van der Waals surface area contributed by atoms with Gasteiger partial charge in [0.25, 0.3) is 0 Å². The summed E-state index contributed by atoms with van der Waals surface area (Å²) in [5, 5.41) is 0. The maximum atomic E-state index is 6.45. The van der Waals surface area contributed by atoms with Gasteiger partial charge in [0.15, 0.2) is 0 Å². The van der Waals surface area contributed by atoms with Crippen LogP contribution in [0.25, 0.3) is 0 Å². The van der Waals surface area contributed by atoms with Crippen molar-refractivity contribution < 1.29 is 37.9 Å². The molecule has 4 saturated heterocycles. The van der Waals surface area contributed by atoms with Crippen molar-refractivity contribution in [2.24, 2.45) is 0 Å². The molecular formula is C23H40O8. The molecule has 8 heteroatoms. The van der Waals surface area contributed by atoms with Gasteiger partial charge in [-0.15, -0.1) is 0 Å². The molecular weight excluding hydrogens is 404 g/mol. The van der Waals surface area contributed by atoms with Gasteiger partial charge in [0.1, 0.15) is 24.4 Å². The van der Waals surface area contributed by atoms with E-state index >= 15 is 0 Å². The zero-order chi connectivity index (χ0) is 21.9. The van der Waals surface area contributed by atoms with E-state index in [4.69, 9.17) is 37.9 Å². The Kier molecular flexibility index (Phi) is 7.92. The first-order valence-electron chi connectivity index (χ1n) is 11.8. The van der Waals surface area contributed by atoms with E-state index in [1.807, 2.05) is 0 Å². The molecule has 0 radical (unpaired) electrons. The molecule has 0 amide bonds. The second-order valence-corrected chi connectivity index (χ2v) is 10.2. The third-order valence-electron chi connectivity index (χ3n) is 6.16. The van der Waals surface area contributed by atoms with Crippen LogP contribution in [0.2, 0.25) is 0 Å². The van der Waals surface area contributed by atoms with Crippen LogP contribution in [-0.4, -0.2) is 101 Å². The van der Waals surface area contributed by atoms with Crippen molar-refractivity contribution in [3.8, 4) is 0 Å². The third kappa shape index (κ3) is 9.21. The van der Waals surface area contributed by atoms with Crippen molar-refractivity contribution in [2.75, 3.05) is 52.9 Å². The molecule has 0 aliphatic carbocycles. The lowest BCUT2D eigenvalue weighted by Gasteiger charge is -2.41. The van der Waals surface area contributed by atoms with Crippen LogP contribution in [0.1, 0.15) is 47.0 Å². The third-order valence-corrected chi connectivity index (χ3v) is 6.16. The van der Waals surface area contributed by atoms with Crippen LogP contribution in [-0.2, 0) is 37.9 Å².